The van der Waals surface area contributed by atoms with Crippen LogP contribution in [0.15, 0.2) is 24.5 Å². The van der Waals surface area contributed by atoms with Crippen molar-refractivity contribution in [2.24, 2.45) is 5.73 Å². The zero-order valence-electron chi connectivity index (χ0n) is 16.9. The largest absolute Gasteiger partial charge is 0.378 e. The van der Waals surface area contributed by atoms with Gasteiger partial charge in [-0.1, -0.05) is 0 Å². The normalized spacial score (nSPS) is 18.4. The molecule has 1 aliphatic carbocycles. The second-order valence-corrected chi connectivity index (χ2v) is 8.00. The number of fused-ring (bicyclic) bond motifs is 1. The second-order valence-electron chi connectivity index (χ2n) is 8.00. The number of carbonyl (C=O) groups excluding carboxylic acids is 1. The first-order chi connectivity index (χ1) is 14.8. The number of halogens is 2. The summed E-state index contributed by atoms with van der Waals surface area (Å²) in [6.45, 7) is 3.16. The van der Waals surface area contributed by atoms with E-state index in [-0.39, 0.29) is 5.95 Å². The van der Waals surface area contributed by atoms with Crippen LogP contribution in [-0.2, 0) is 20.9 Å². The lowest BCUT2D eigenvalue weighted by atomic mass is 10.0. The molecule has 0 aromatic carbocycles. The summed E-state index contributed by atoms with van der Waals surface area (Å²) in [6, 6.07) is 2.92. The standard InChI is InChI=1S/C20H21F2N7O2/c1-19(21,22)14-2-5-24-18(26-14)29-13-10-15(20(3-4-20)17(23)30)25-11-12(13)16(27-29)28-6-8-31-9-7-28/h2,5,10-11H,3-4,6-9H2,1H3,(H2,23,30). The van der Waals surface area contributed by atoms with Gasteiger partial charge < -0.3 is 15.4 Å². The van der Waals surface area contributed by atoms with Crippen molar-refractivity contribution in [3.63, 3.8) is 0 Å². The maximum Gasteiger partial charge on any atom is 0.287 e. The molecule has 0 atom stereocenters. The van der Waals surface area contributed by atoms with Gasteiger partial charge in [0.1, 0.15) is 5.69 Å². The highest BCUT2D eigenvalue weighted by Gasteiger charge is 2.51. The average molecular weight is 429 g/mol. The zero-order valence-corrected chi connectivity index (χ0v) is 16.9. The van der Waals surface area contributed by atoms with Crippen molar-refractivity contribution < 1.29 is 18.3 Å². The molecule has 9 nitrogen and oxygen atoms in total. The third kappa shape index (κ3) is 3.29. The number of carbonyl (C=O) groups is 1. The predicted octanol–water partition coefficient (Wildman–Crippen LogP) is 1.68. The molecule has 0 unspecified atom stereocenters. The molecule has 2 fully saturated rings. The fourth-order valence-corrected chi connectivity index (χ4v) is 3.87. The minimum absolute atomic E-state index is 0.0182. The van der Waals surface area contributed by atoms with E-state index in [0.29, 0.717) is 61.6 Å². The number of amides is 1. The Bertz CT molecular complexity index is 1160. The molecule has 4 heterocycles. The SMILES string of the molecule is CC(F)(F)c1ccnc(-n2nc(N3CCOCC3)c3cnc(C4(C(N)=O)CC4)cc32)n1. The quantitative estimate of drug-likeness (QED) is 0.657. The van der Waals surface area contributed by atoms with Gasteiger partial charge in [0, 0.05) is 32.4 Å². The van der Waals surface area contributed by atoms with Gasteiger partial charge in [-0.05, 0) is 25.0 Å². The molecule has 1 amide bonds. The molecular formula is C20H21F2N7O2. The summed E-state index contributed by atoms with van der Waals surface area (Å²) >= 11 is 0. The van der Waals surface area contributed by atoms with E-state index in [2.05, 4.69) is 20.1 Å². The third-order valence-electron chi connectivity index (χ3n) is 5.85. The first-order valence-corrected chi connectivity index (χ1v) is 10.0. The molecule has 11 heteroatoms. The molecule has 0 bridgehead atoms. The fraction of sp³-hybridized carbons (Fsp3) is 0.450. The Morgan fingerprint density at radius 3 is 2.65 bits per heavy atom. The van der Waals surface area contributed by atoms with Crippen LogP contribution >= 0.6 is 0 Å². The Balaban J connectivity index is 1.70. The van der Waals surface area contributed by atoms with Crippen molar-refractivity contribution >= 4 is 22.6 Å². The number of nitrogens with zero attached hydrogens (tertiary/aromatic N) is 6. The van der Waals surface area contributed by atoms with Gasteiger partial charge in [-0.2, -0.15) is 13.5 Å². The van der Waals surface area contributed by atoms with Crippen LogP contribution in [0, 0.1) is 0 Å². The number of hydrogen-bond donors (Lipinski definition) is 1. The maximum absolute atomic E-state index is 13.9. The number of hydrogen-bond acceptors (Lipinski definition) is 7. The van der Waals surface area contributed by atoms with Gasteiger partial charge in [0.15, 0.2) is 5.82 Å². The molecule has 0 spiro atoms. The molecule has 3 aromatic heterocycles. The lowest BCUT2D eigenvalue weighted by molar-refractivity contribution is -0.120. The summed E-state index contributed by atoms with van der Waals surface area (Å²) in [7, 11) is 0. The van der Waals surface area contributed by atoms with Gasteiger partial charge in [0.05, 0.1) is 35.2 Å². The Morgan fingerprint density at radius 2 is 2.00 bits per heavy atom. The van der Waals surface area contributed by atoms with Crippen LogP contribution in [0.25, 0.3) is 16.9 Å². The molecule has 162 valence electrons. The van der Waals surface area contributed by atoms with Crippen LogP contribution in [0.2, 0.25) is 0 Å². The van der Waals surface area contributed by atoms with E-state index in [1.54, 1.807) is 12.3 Å². The Labute approximate surface area is 176 Å². The topological polar surface area (TPSA) is 112 Å². The van der Waals surface area contributed by atoms with Crippen molar-refractivity contribution in [2.45, 2.75) is 31.1 Å². The number of morpholine rings is 1. The number of ether oxygens (including phenoxy) is 1. The summed E-state index contributed by atoms with van der Waals surface area (Å²) < 4.78 is 34.6. The van der Waals surface area contributed by atoms with E-state index in [0.717, 1.165) is 6.92 Å². The van der Waals surface area contributed by atoms with Gasteiger partial charge in [-0.15, -0.1) is 5.10 Å². The minimum Gasteiger partial charge on any atom is -0.378 e. The molecule has 3 aromatic rings. The number of alkyl halides is 2. The molecule has 2 aliphatic rings. The predicted molar refractivity (Wildman–Crippen MR) is 107 cm³/mol. The zero-order chi connectivity index (χ0) is 21.8. The van der Waals surface area contributed by atoms with E-state index in [4.69, 9.17) is 10.5 Å². The average Bonchev–Trinajstić information content (AvgIpc) is 3.49. The summed E-state index contributed by atoms with van der Waals surface area (Å²) in [6.07, 6.45) is 4.18. The van der Waals surface area contributed by atoms with Crippen LogP contribution < -0.4 is 10.6 Å². The summed E-state index contributed by atoms with van der Waals surface area (Å²) in [5, 5.41) is 5.37. The highest BCUT2D eigenvalue weighted by Crippen LogP contribution is 2.47. The summed E-state index contributed by atoms with van der Waals surface area (Å²) in [4.78, 5) is 26.8. The Morgan fingerprint density at radius 1 is 1.26 bits per heavy atom. The minimum atomic E-state index is -3.12. The van der Waals surface area contributed by atoms with Crippen LogP contribution in [0.3, 0.4) is 0 Å². The van der Waals surface area contributed by atoms with Gasteiger partial charge >= 0.3 is 0 Å². The van der Waals surface area contributed by atoms with E-state index >= 15 is 0 Å². The summed E-state index contributed by atoms with van der Waals surface area (Å²) in [5.74, 6) is -2.89. The number of aromatic nitrogens is 5. The van der Waals surface area contributed by atoms with Gasteiger partial charge in [0.2, 0.25) is 5.91 Å². The molecule has 5 rings (SSSR count). The first-order valence-electron chi connectivity index (χ1n) is 10.0. The number of anilines is 1. The van der Waals surface area contributed by atoms with Crippen LogP contribution in [0.5, 0.6) is 0 Å². The molecular weight excluding hydrogens is 408 g/mol. The molecule has 1 saturated carbocycles. The van der Waals surface area contributed by atoms with Crippen molar-refractivity contribution in [1.82, 2.24) is 24.7 Å². The van der Waals surface area contributed by atoms with E-state index in [1.807, 2.05) is 4.90 Å². The maximum atomic E-state index is 13.9. The third-order valence-corrected chi connectivity index (χ3v) is 5.85. The molecule has 1 aliphatic heterocycles. The van der Waals surface area contributed by atoms with E-state index < -0.39 is 22.9 Å². The van der Waals surface area contributed by atoms with E-state index in [9.17, 15) is 13.6 Å². The van der Waals surface area contributed by atoms with Crippen LogP contribution in [-0.4, -0.2) is 56.9 Å². The smallest absolute Gasteiger partial charge is 0.287 e. The number of nitrogens with two attached hydrogens (primary N) is 1. The lowest BCUT2D eigenvalue weighted by Gasteiger charge is -2.26. The number of rotatable bonds is 5. The first kappa shape index (κ1) is 19.7. The van der Waals surface area contributed by atoms with Gasteiger partial charge in [0.25, 0.3) is 11.9 Å². The fourth-order valence-electron chi connectivity index (χ4n) is 3.87. The Hall–Kier alpha value is -3.21. The molecule has 1 saturated heterocycles. The monoisotopic (exact) mass is 429 g/mol. The molecule has 2 N–H and O–H groups in total. The highest BCUT2D eigenvalue weighted by atomic mass is 19.3. The number of pyridine rings is 1. The lowest BCUT2D eigenvalue weighted by Crippen LogP contribution is -2.36. The van der Waals surface area contributed by atoms with Crippen molar-refractivity contribution in [3.05, 3.63) is 35.9 Å². The number of primary amides is 1. The molecule has 31 heavy (non-hydrogen) atoms. The molecule has 0 radical (unpaired) electrons. The van der Waals surface area contributed by atoms with Crippen molar-refractivity contribution in [2.75, 3.05) is 31.2 Å². The van der Waals surface area contributed by atoms with Crippen molar-refractivity contribution in [3.8, 4) is 5.95 Å². The van der Waals surface area contributed by atoms with Crippen LogP contribution in [0.1, 0.15) is 31.2 Å². The van der Waals surface area contributed by atoms with Gasteiger partial charge in [-0.25, -0.2) is 9.97 Å². The highest BCUT2D eigenvalue weighted by molar-refractivity contribution is 5.94. The second kappa shape index (κ2) is 6.91. The van der Waals surface area contributed by atoms with Crippen molar-refractivity contribution in [1.29, 1.82) is 0 Å². The van der Waals surface area contributed by atoms with E-state index in [1.165, 1.54) is 16.9 Å². The van der Waals surface area contributed by atoms with Gasteiger partial charge in [-0.3, -0.25) is 9.78 Å². The van der Waals surface area contributed by atoms with Crippen LogP contribution in [0.4, 0.5) is 14.6 Å². The Kier molecular flexibility index (Phi) is 4.40. The summed E-state index contributed by atoms with van der Waals surface area (Å²) in [5.41, 5.74) is 5.54.